The van der Waals surface area contributed by atoms with E-state index in [1.54, 1.807) is 6.92 Å². The molecule has 0 unspecified atom stereocenters. The van der Waals surface area contributed by atoms with E-state index in [0.29, 0.717) is 0 Å². The average Bonchev–Trinajstić information content (AvgIpc) is 1.84. The van der Waals surface area contributed by atoms with Gasteiger partial charge in [-0.3, -0.25) is 0 Å². The van der Waals surface area contributed by atoms with Gasteiger partial charge >= 0.3 is 23.1 Å². The van der Waals surface area contributed by atoms with Gasteiger partial charge in [0.05, 0.1) is 0 Å². The standard InChI is InChI=1S/C6H11O.ClH.Mg/c1-6(7)4-2-3-5-6;;/h2-5H2,1H3;1H;/q-1;;+2/p-1. The molecule has 0 N–H and O–H groups in total. The van der Waals surface area contributed by atoms with Crippen LogP contribution in [0, 0.1) is 0 Å². The molecular weight excluding hydrogens is 148 g/mol. The van der Waals surface area contributed by atoms with Crippen LogP contribution < -0.4 is 17.5 Å². The molecule has 0 saturated heterocycles. The molecule has 1 fully saturated rings. The molecule has 1 aliphatic carbocycles. The number of rotatable bonds is 0. The van der Waals surface area contributed by atoms with Crippen LogP contribution in [0.3, 0.4) is 0 Å². The van der Waals surface area contributed by atoms with Crippen molar-refractivity contribution in [2.75, 3.05) is 0 Å². The maximum atomic E-state index is 10.9. The third kappa shape index (κ3) is 4.42. The smallest absolute Gasteiger partial charge is 1.00 e. The van der Waals surface area contributed by atoms with E-state index >= 15 is 0 Å². The zero-order valence-corrected chi connectivity index (χ0v) is 7.99. The van der Waals surface area contributed by atoms with Crippen LogP contribution in [0.15, 0.2) is 0 Å². The van der Waals surface area contributed by atoms with Gasteiger partial charge < -0.3 is 17.5 Å². The fourth-order valence-electron chi connectivity index (χ4n) is 1.12. The van der Waals surface area contributed by atoms with Crippen LogP contribution in [-0.4, -0.2) is 28.7 Å². The molecule has 0 radical (unpaired) electrons. The molecule has 3 heteroatoms. The maximum Gasteiger partial charge on any atom is 2.00 e. The van der Waals surface area contributed by atoms with Crippen molar-refractivity contribution < 1.29 is 17.5 Å². The van der Waals surface area contributed by atoms with Crippen molar-refractivity contribution in [1.82, 2.24) is 0 Å². The van der Waals surface area contributed by atoms with Gasteiger partial charge in [0.15, 0.2) is 0 Å². The van der Waals surface area contributed by atoms with Gasteiger partial charge in [-0.15, -0.1) is 5.60 Å². The Hall–Kier alpha value is 1.02. The van der Waals surface area contributed by atoms with Gasteiger partial charge in [-0.1, -0.05) is 32.6 Å². The molecule has 50 valence electrons. The Balaban J connectivity index is 0. The summed E-state index contributed by atoms with van der Waals surface area (Å²) in [7, 11) is 0. The van der Waals surface area contributed by atoms with Crippen LogP contribution in [0.5, 0.6) is 0 Å². The fourth-order valence-corrected chi connectivity index (χ4v) is 1.12. The molecule has 0 bridgehead atoms. The molecule has 0 amide bonds. The average molecular weight is 159 g/mol. The summed E-state index contributed by atoms with van der Waals surface area (Å²) in [6.45, 7) is 1.81. The first-order chi connectivity index (χ1) is 3.21. The SMILES string of the molecule is CC1([O-])CCCC1.[Cl-].[Mg+2]. The third-order valence-corrected chi connectivity index (χ3v) is 1.66. The van der Waals surface area contributed by atoms with Gasteiger partial charge in [-0.25, -0.2) is 0 Å². The van der Waals surface area contributed by atoms with E-state index in [1.807, 2.05) is 0 Å². The first-order valence-corrected chi connectivity index (χ1v) is 2.91. The van der Waals surface area contributed by atoms with Gasteiger partial charge in [0, 0.05) is 0 Å². The Morgan fingerprint density at radius 1 is 1.22 bits per heavy atom. The van der Waals surface area contributed by atoms with Gasteiger partial charge in [-0.05, 0) is 0 Å². The van der Waals surface area contributed by atoms with Crippen LogP contribution >= 0.6 is 0 Å². The molecule has 1 aliphatic rings. The summed E-state index contributed by atoms with van der Waals surface area (Å²) < 4.78 is 0. The minimum absolute atomic E-state index is 0. The van der Waals surface area contributed by atoms with Crippen LogP contribution in [-0.2, 0) is 0 Å². The van der Waals surface area contributed by atoms with Crippen molar-refractivity contribution in [2.24, 2.45) is 0 Å². The van der Waals surface area contributed by atoms with E-state index in [4.69, 9.17) is 0 Å². The minimum Gasteiger partial charge on any atom is -1.00 e. The van der Waals surface area contributed by atoms with Crippen molar-refractivity contribution in [3.63, 3.8) is 0 Å². The topological polar surface area (TPSA) is 23.1 Å². The largest absolute Gasteiger partial charge is 2.00 e. The molecule has 0 aromatic carbocycles. The number of halogens is 1. The summed E-state index contributed by atoms with van der Waals surface area (Å²) in [4.78, 5) is 0. The molecule has 9 heavy (non-hydrogen) atoms. The van der Waals surface area contributed by atoms with Crippen LogP contribution in [0.1, 0.15) is 32.6 Å². The predicted molar refractivity (Wildman–Crippen MR) is 32.6 cm³/mol. The first-order valence-electron chi connectivity index (χ1n) is 2.91. The molecule has 1 rings (SSSR count). The Bertz CT molecular complexity index is 67.5. The second kappa shape index (κ2) is 4.77. The molecule has 0 atom stereocenters. The predicted octanol–water partition coefficient (Wildman–Crippen LogP) is -2.70. The Labute approximate surface area is 78.8 Å². The molecule has 0 heterocycles. The van der Waals surface area contributed by atoms with Crippen molar-refractivity contribution in [3.8, 4) is 0 Å². The quantitative estimate of drug-likeness (QED) is 0.353. The van der Waals surface area contributed by atoms with Gasteiger partial charge in [0.25, 0.3) is 0 Å². The molecule has 0 aliphatic heterocycles. The first kappa shape index (κ1) is 12.7. The molecule has 0 aromatic rings. The zero-order valence-electron chi connectivity index (χ0n) is 5.82. The van der Waals surface area contributed by atoms with E-state index in [2.05, 4.69) is 0 Å². The van der Waals surface area contributed by atoms with Crippen LogP contribution in [0.4, 0.5) is 0 Å². The molecule has 1 nitrogen and oxygen atoms in total. The van der Waals surface area contributed by atoms with E-state index in [1.165, 1.54) is 0 Å². The molecule has 0 spiro atoms. The summed E-state index contributed by atoms with van der Waals surface area (Å²) in [5.74, 6) is 0. The third-order valence-electron chi connectivity index (χ3n) is 1.66. The van der Waals surface area contributed by atoms with Gasteiger partial charge in [0.1, 0.15) is 0 Å². The van der Waals surface area contributed by atoms with E-state index < -0.39 is 5.60 Å². The Morgan fingerprint density at radius 2 is 1.56 bits per heavy atom. The Morgan fingerprint density at radius 3 is 1.67 bits per heavy atom. The minimum atomic E-state index is -0.556. The molecule has 0 aromatic heterocycles. The summed E-state index contributed by atoms with van der Waals surface area (Å²) in [5, 5.41) is 10.9. The molecular formula is C6H11ClMgO. The maximum absolute atomic E-state index is 10.9. The second-order valence-corrected chi connectivity index (χ2v) is 2.66. The normalized spacial score (nSPS) is 22.0. The summed E-state index contributed by atoms with van der Waals surface area (Å²) in [6, 6.07) is 0. The van der Waals surface area contributed by atoms with Crippen molar-refractivity contribution in [3.05, 3.63) is 0 Å². The summed E-state index contributed by atoms with van der Waals surface area (Å²) in [5.41, 5.74) is -0.556. The van der Waals surface area contributed by atoms with Crippen molar-refractivity contribution in [2.45, 2.75) is 38.2 Å². The fraction of sp³-hybridized carbons (Fsp3) is 1.00. The second-order valence-electron chi connectivity index (χ2n) is 2.66. The van der Waals surface area contributed by atoms with Crippen molar-refractivity contribution >= 4 is 23.1 Å². The van der Waals surface area contributed by atoms with Gasteiger partial charge in [0.2, 0.25) is 0 Å². The monoisotopic (exact) mass is 158 g/mol. The van der Waals surface area contributed by atoms with Crippen LogP contribution in [0.2, 0.25) is 0 Å². The molecule has 1 saturated carbocycles. The van der Waals surface area contributed by atoms with Crippen LogP contribution in [0.25, 0.3) is 0 Å². The van der Waals surface area contributed by atoms with E-state index in [9.17, 15) is 5.11 Å². The zero-order chi connectivity index (χ0) is 5.33. The summed E-state index contributed by atoms with van der Waals surface area (Å²) >= 11 is 0. The number of hydrogen-bond acceptors (Lipinski definition) is 1. The number of hydrogen-bond donors (Lipinski definition) is 0. The van der Waals surface area contributed by atoms with Crippen molar-refractivity contribution in [1.29, 1.82) is 0 Å². The van der Waals surface area contributed by atoms with E-state index in [0.717, 1.165) is 25.7 Å². The van der Waals surface area contributed by atoms with E-state index in [-0.39, 0.29) is 35.5 Å². The van der Waals surface area contributed by atoms with Gasteiger partial charge in [-0.2, -0.15) is 0 Å². The Kier molecular flexibility index (Phi) is 6.72. The summed E-state index contributed by atoms with van der Waals surface area (Å²) in [6.07, 6.45) is 4.10.